The molecule has 0 aliphatic heterocycles. The Morgan fingerprint density at radius 1 is 1.23 bits per heavy atom. The molecule has 0 atom stereocenters. The molecular formula is C18H25N3O. The maximum absolute atomic E-state index is 12.1. The van der Waals surface area contributed by atoms with Gasteiger partial charge in [0.05, 0.1) is 0 Å². The highest BCUT2D eigenvalue weighted by Gasteiger charge is 2.10. The first-order valence-electron chi connectivity index (χ1n) is 7.89. The minimum absolute atomic E-state index is 0.176. The summed E-state index contributed by atoms with van der Waals surface area (Å²) in [6.07, 6.45) is 4.43. The van der Waals surface area contributed by atoms with Crippen LogP contribution in [0, 0.1) is 11.3 Å². The zero-order valence-electron chi connectivity index (χ0n) is 13.5. The third-order valence-electron chi connectivity index (χ3n) is 3.24. The molecule has 0 radical (unpaired) electrons. The molecule has 0 saturated carbocycles. The van der Waals surface area contributed by atoms with Gasteiger partial charge in [-0.1, -0.05) is 44.2 Å². The number of hydrogen-bond acceptors (Lipinski definition) is 3. The van der Waals surface area contributed by atoms with E-state index in [0.29, 0.717) is 6.54 Å². The van der Waals surface area contributed by atoms with Crippen LogP contribution in [0.5, 0.6) is 0 Å². The van der Waals surface area contributed by atoms with Gasteiger partial charge in [0.1, 0.15) is 11.6 Å². The van der Waals surface area contributed by atoms with Crippen molar-refractivity contribution in [3.63, 3.8) is 0 Å². The Labute approximate surface area is 133 Å². The molecule has 0 heterocycles. The van der Waals surface area contributed by atoms with Gasteiger partial charge in [0.15, 0.2) is 0 Å². The molecule has 0 aliphatic carbocycles. The van der Waals surface area contributed by atoms with E-state index in [1.54, 1.807) is 6.20 Å². The molecule has 0 aliphatic rings. The Morgan fingerprint density at radius 3 is 2.41 bits per heavy atom. The normalized spacial score (nSPS) is 10.9. The first kappa shape index (κ1) is 17.8. The Kier molecular flexibility index (Phi) is 8.44. The molecule has 1 N–H and O–H groups in total. The molecule has 0 saturated heterocycles. The fraction of sp³-hybridized carbons (Fsp3) is 0.444. The SMILES string of the molecule is CCCN(/C=C(/C#N)C(=O)NCCc1ccccc1)CCC. The van der Waals surface area contributed by atoms with Gasteiger partial charge in [-0.2, -0.15) is 5.26 Å². The smallest absolute Gasteiger partial charge is 0.263 e. The van der Waals surface area contributed by atoms with Gasteiger partial charge in [0.2, 0.25) is 0 Å². The fourth-order valence-corrected chi connectivity index (χ4v) is 2.20. The number of rotatable bonds is 9. The van der Waals surface area contributed by atoms with Gasteiger partial charge >= 0.3 is 0 Å². The molecule has 1 aromatic carbocycles. The highest BCUT2D eigenvalue weighted by Crippen LogP contribution is 2.02. The van der Waals surface area contributed by atoms with Gasteiger partial charge < -0.3 is 10.2 Å². The standard InChI is InChI=1S/C18H25N3O/c1-3-12-21(13-4-2)15-17(14-19)18(22)20-11-10-16-8-6-5-7-9-16/h5-9,15H,3-4,10-13H2,1-2H3,(H,20,22)/b17-15-. The van der Waals surface area contributed by atoms with Crippen molar-refractivity contribution < 1.29 is 4.79 Å². The van der Waals surface area contributed by atoms with Gasteiger partial charge in [-0.25, -0.2) is 0 Å². The molecule has 0 aromatic heterocycles. The van der Waals surface area contributed by atoms with Crippen LogP contribution >= 0.6 is 0 Å². The summed E-state index contributed by atoms with van der Waals surface area (Å²) in [4.78, 5) is 14.1. The average Bonchev–Trinajstić information content (AvgIpc) is 2.53. The number of carbonyl (C=O) groups excluding carboxylic acids is 1. The molecule has 1 aromatic rings. The predicted molar refractivity (Wildman–Crippen MR) is 89.0 cm³/mol. The van der Waals surface area contributed by atoms with Crippen molar-refractivity contribution in [3.8, 4) is 6.07 Å². The van der Waals surface area contributed by atoms with Crippen LogP contribution in [0.2, 0.25) is 0 Å². The highest BCUT2D eigenvalue weighted by atomic mass is 16.1. The van der Waals surface area contributed by atoms with Gasteiger partial charge in [-0.3, -0.25) is 4.79 Å². The molecule has 22 heavy (non-hydrogen) atoms. The number of nitriles is 1. The summed E-state index contributed by atoms with van der Waals surface area (Å²) in [5.41, 5.74) is 1.35. The number of nitrogens with one attached hydrogen (secondary N) is 1. The van der Waals surface area contributed by atoms with Crippen LogP contribution in [0.3, 0.4) is 0 Å². The Morgan fingerprint density at radius 2 is 1.86 bits per heavy atom. The summed E-state index contributed by atoms with van der Waals surface area (Å²) in [5.74, 6) is -0.296. The molecule has 0 spiro atoms. The lowest BCUT2D eigenvalue weighted by molar-refractivity contribution is -0.117. The van der Waals surface area contributed by atoms with Crippen LogP contribution < -0.4 is 5.32 Å². The lowest BCUT2D eigenvalue weighted by atomic mass is 10.1. The number of nitrogens with zero attached hydrogens (tertiary/aromatic N) is 2. The van der Waals surface area contributed by atoms with Crippen molar-refractivity contribution in [2.45, 2.75) is 33.1 Å². The van der Waals surface area contributed by atoms with E-state index in [2.05, 4.69) is 19.2 Å². The highest BCUT2D eigenvalue weighted by molar-refractivity contribution is 5.97. The summed E-state index contributed by atoms with van der Waals surface area (Å²) < 4.78 is 0. The number of hydrogen-bond donors (Lipinski definition) is 1. The molecule has 0 fully saturated rings. The molecule has 1 amide bonds. The van der Waals surface area contributed by atoms with E-state index >= 15 is 0 Å². The van der Waals surface area contributed by atoms with Gasteiger partial charge in [0.25, 0.3) is 5.91 Å². The quantitative estimate of drug-likeness (QED) is 0.563. The molecular weight excluding hydrogens is 274 g/mol. The Bertz CT molecular complexity index is 511. The lowest BCUT2D eigenvalue weighted by Gasteiger charge is -2.19. The summed E-state index contributed by atoms with van der Waals surface area (Å²) in [6, 6.07) is 12.0. The van der Waals surface area contributed by atoms with Crippen molar-refractivity contribution in [1.82, 2.24) is 10.2 Å². The van der Waals surface area contributed by atoms with Crippen LogP contribution in [-0.2, 0) is 11.2 Å². The van der Waals surface area contributed by atoms with E-state index in [1.807, 2.05) is 41.3 Å². The van der Waals surface area contributed by atoms with E-state index in [9.17, 15) is 10.1 Å². The second kappa shape index (κ2) is 10.4. The third kappa shape index (κ3) is 6.45. The van der Waals surface area contributed by atoms with E-state index in [4.69, 9.17) is 0 Å². The molecule has 118 valence electrons. The predicted octanol–water partition coefficient (Wildman–Crippen LogP) is 2.87. The minimum Gasteiger partial charge on any atom is -0.376 e. The van der Waals surface area contributed by atoms with Crippen LogP contribution in [0.1, 0.15) is 32.3 Å². The molecule has 4 heteroatoms. The van der Waals surface area contributed by atoms with Crippen molar-refractivity contribution in [2.24, 2.45) is 0 Å². The Hall–Kier alpha value is -2.28. The number of benzene rings is 1. The zero-order chi connectivity index (χ0) is 16.2. The van der Waals surface area contributed by atoms with Crippen LogP contribution in [-0.4, -0.2) is 30.4 Å². The van der Waals surface area contributed by atoms with Gasteiger partial charge in [-0.05, 0) is 24.8 Å². The summed E-state index contributed by atoms with van der Waals surface area (Å²) in [5, 5.41) is 12.0. The second-order valence-corrected chi connectivity index (χ2v) is 5.18. The van der Waals surface area contributed by atoms with Crippen LogP contribution in [0.4, 0.5) is 0 Å². The first-order chi connectivity index (χ1) is 10.7. The first-order valence-corrected chi connectivity index (χ1v) is 7.89. The van der Waals surface area contributed by atoms with Crippen molar-refractivity contribution in [3.05, 3.63) is 47.7 Å². The van der Waals surface area contributed by atoms with E-state index in [0.717, 1.165) is 32.4 Å². The van der Waals surface area contributed by atoms with E-state index < -0.39 is 0 Å². The van der Waals surface area contributed by atoms with Crippen molar-refractivity contribution in [1.29, 1.82) is 5.26 Å². The maximum Gasteiger partial charge on any atom is 0.263 e. The topological polar surface area (TPSA) is 56.1 Å². The number of carbonyl (C=O) groups is 1. The monoisotopic (exact) mass is 299 g/mol. The van der Waals surface area contributed by atoms with Gasteiger partial charge in [-0.15, -0.1) is 0 Å². The molecule has 0 unspecified atom stereocenters. The Balaban J connectivity index is 2.54. The molecule has 4 nitrogen and oxygen atoms in total. The maximum atomic E-state index is 12.1. The minimum atomic E-state index is -0.296. The second-order valence-electron chi connectivity index (χ2n) is 5.18. The zero-order valence-corrected chi connectivity index (χ0v) is 13.5. The summed E-state index contributed by atoms with van der Waals surface area (Å²) in [6.45, 7) is 6.42. The number of amides is 1. The van der Waals surface area contributed by atoms with Crippen LogP contribution in [0.25, 0.3) is 0 Å². The van der Waals surface area contributed by atoms with Gasteiger partial charge in [0, 0.05) is 25.8 Å². The van der Waals surface area contributed by atoms with Crippen molar-refractivity contribution >= 4 is 5.91 Å². The summed E-state index contributed by atoms with van der Waals surface area (Å²) >= 11 is 0. The average molecular weight is 299 g/mol. The van der Waals surface area contributed by atoms with Crippen molar-refractivity contribution in [2.75, 3.05) is 19.6 Å². The summed E-state index contributed by atoms with van der Waals surface area (Å²) in [7, 11) is 0. The molecule has 0 bridgehead atoms. The van der Waals surface area contributed by atoms with E-state index in [-0.39, 0.29) is 11.5 Å². The van der Waals surface area contributed by atoms with E-state index in [1.165, 1.54) is 5.56 Å². The largest absolute Gasteiger partial charge is 0.376 e. The molecule has 1 rings (SSSR count). The van der Waals surface area contributed by atoms with Crippen LogP contribution in [0.15, 0.2) is 42.1 Å². The third-order valence-corrected chi connectivity index (χ3v) is 3.24. The fourth-order valence-electron chi connectivity index (χ4n) is 2.20. The lowest BCUT2D eigenvalue weighted by Crippen LogP contribution is -2.29.